The van der Waals surface area contributed by atoms with Crippen molar-refractivity contribution in [3.8, 4) is 0 Å². The topological polar surface area (TPSA) is 82.8 Å². The average molecular weight is 199 g/mol. The van der Waals surface area contributed by atoms with Crippen molar-refractivity contribution in [2.45, 2.75) is 24.0 Å². The molecule has 0 aromatic carbocycles. The molecule has 1 heterocycles. The van der Waals surface area contributed by atoms with Crippen molar-refractivity contribution >= 4 is 11.8 Å². The Kier molecular flexibility index (Phi) is 2.41. The van der Waals surface area contributed by atoms with Crippen molar-refractivity contribution in [3.05, 3.63) is 6.33 Å². The number of hydrogen-bond acceptors (Lipinski definition) is 5. The molecule has 4 N–H and O–H groups in total. The quantitative estimate of drug-likeness (QED) is 0.521. The Balaban J connectivity index is 1.77. The predicted molar refractivity (Wildman–Crippen MR) is 51.6 cm³/mol. The molecule has 72 valence electrons. The van der Waals surface area contributed by atoms with Crippen molar-refractivity contribution in [1.29, 1.82) is 0 Å². The summed E-state index contributed by atoms with van der Waals surface area (Å²) < 4.78 is 1.45. The number of aromatic nitrogens is 3. The summed E-state index contributed by atoms with van der Waals surface area (Å²) in [5.41, 5.74) is 5.68. The molecule has 1 fully saturated rings. The molecule has 5 nitrogen and oxygen atoms in total. The van der Waals surface area contributed by atoms with E-state index in [-0.39, 0.29) is 0 Å². The average Bonchev–Trinajstić information content (AvgIpc) is 2.43. The lowest BCUT2D eigenvalue weighted by Gasteiger charge is -2.31. The SMILES string of the molecule is NC1CC(CSc2nncn2N)C1. The van der Waals surface area contributed by atoms with Crippen LogP contribution in [0, 0.1) is 5.92 Å². The van der Waals surface area contributed by atoms with Crippen LogP contribution in [0.2, 0.25) is 0 Å². The van der Waals surface area contributed by atoms with Gasteiger partial charge in [0, 0.05) is 11.8 Å². The van der Waals surface area contributed by atoms with Crippen LogP contribution in [-0.2, 0) is 0 Å². The maximum Gasteiger partial charge on any atom is 0.209 e. The fraction of sp³-hybridized carbons (Fsp3) is 0.714. The first-order valence-electron chi connectivity index (χ1n) is 4.29. The predicted octanol–water partition coefficient (Wildman–Crippen LogP) is -0.179. The van der Waals surface area contributed by atoms with Gasteiger partial charge in [-0.2, -0.15) is 0 Å². The molecule has 0 spiro atoms. The second-order valence-corrected chi connectivity index (χ2v) is 4.42. The summed E-state index contributed by atoms with van der Waals surface area (Å²) in [6, 6.07) is 0.418. The second-order valence-electron chi connectivity index (χ2n) is 3.43. The lowest BCUT2D eigenvalue weighted by Crippen LogP contribution is -2.37. The van der Waals surface area contributed by atoms with E-state index in [0.29, 0.717) is 6.04 Å². The van der Waals surface area contributed by atoms with Crippen LogP contribution in [0.15, 0.2) is 11.5 Å². The molecular weight excluding hydrogens is 186 g/mol. The number of nitrogens with zero attached hydrogens (tertiary/aromatic N) is 3. The maximum absolute atomic E-state index is 5.68. The molecule has 0 unspecified atom stereocenters. The van der Waals surface area contributed by atoms with E-state index in [9.17, 15) is 0 Å². The van der Waals surface area contributed by atoms with Gasteiger partial charge in [-0.25, -0.2) is 4.68 Å². The van der Waals surface area contributed by atoms with Gasteiger partial charge in [0.2, 0.25) is 5.16 Å². The van der Waals surface area contributed by atoms with E-state index in [4.69, 9.17) is 11.6 Å². The van der Waals surface area contributed by atoms with Crippen LogP contribution in [0.1, 0.15) is 12.8 Å². The molecule has 1 aromatic heterocycles. The highest BCUT2D eigenvalue weighted by Gasteiger charge is 2.26. The Labute approximate surface area is 80.9 Å². The van der Waals surface area contributed by atoms with Gasteiger partial charge in [0.15, 0.2) is 0 Å². The summed E-state index contributed by atoms with van der Waals surface area (Å²) in [6.07, 6.45) is 3.77. The molecule has 1 saturated carbocycles. The fourth-order valence-corrected chi connectivity index (χ4v) is 2.41. The highest BCUT2D eigenvalue weighted by atomic mass is 32.2. The summed E-state index contributed by atoms with van der Waals surface area (Å²) in [4.78, 5) is 0. The summed E-state index contributed by atoms with van der Waals surface area (Å²) >= 11 is 1.65. The van der Waals surface area contributed by atoms with E-state index >= 15 is 0 Å². The van der Waals surface area contributed by atoms with Crippen LogP contribution in [-0.4, -0.2) is 26.7 Å². The number of hydrogen-bond donors (Lipinski definition) is 2. The summed E-state index contributed by atoms with van der Waals surface area (Å²) in [5, 5.41) is 8.36. The molecule has 0 aliphatic heterocycles. The zero-order chi connectivity index (χ0) is 9.26. The van der Waals surface area contributed by atoms with E-state index in [1.807, 2.05) is 0 Å². The minimum absolute atomic E-state index is 0.418. The van der Waals surface area contributed by atoms with Crippen molar-refractivity contribution in [3.63, 3.8) is 0 Å². The minimum atomic E-state index is 0.418. The molecule has 0 radical (unpaired) electrons. The smallest absolute Gasteiger partial charge is 0.209 e. The minimum Gasteiger partial charge on any atom is -0.336 e. The summed E-state index contributed by atoms with van der Waals surface area (Å²) in [5.74, 6) is 7.34. The fourth-order valence-electron chi connectivity index (χ4n) is 1.45. The summed E-state index contributed by atoms with van der Waals surface area (Å²) in [6.45, 7) is 0. The van der Waals surface area contributed by atoms with Gasteiger partial charge in [0.25, 0.3) is 0 Å². The van der Waals surface area contributed by atoms with Crippen LogP contribution >= 0.6 is 11.8 Å². The number of rotatable bonds is 3. The molecule has 6 heteroatoms. The van der Waals surface area contributed by atoms with Gasteiger partial charge < -0.3 is 11.6 Å². The van der Waals surface area contributed by atoms with Gasteiger partial charge in [-0.15, -0.1) is 10.2 Å². The third-order valence-electron chi connectivity index (χ3n) is 2.26. The van der Waals surface area contributed by atoms with Crippen molar-refractivity contribution < 1.29 is 0 Å². The van der Waals surface area contributed by atoms with E-state index in [2.05, 4.69) is 10.2 Å². The zero-order valence-electron chi connectivity index (χ0n) is 7.26. The Bertz CT molecular complexity index is 280. The largest absolute Gasteiger partial charge is 0.336 e. The Morgan fingerprint density at radius 3 is 2.92 bits per heavy atom. The van der Waals surface area contributed by atoms with Gasteiger partial charge in [-0.05, 0) is 18.8 Å². The number of nitrogen functional groups attached to an aromatic ring is 1. The molecule has 1 aliphatic rings. The van der Waals surface area contributed by atoms with Crippen LogP contribution < -0.4 is 11.6 Å². The van der Waals surface area contributed by atoms with Crippen LogP contribution in [0.4, 0.5) is 0 Å². The third kappa shape index (κ3) is 1.94. The third-order valence-corrected chi connectivity index (χ3v) is 3.45. The zero-order valence-corrected chi connectivity index (χ0v) is 8.07. The lowest BCUT2D eigenvalue weighted by atomic mass is 9.82. The Hall–Kier alpha value is -0.750. The highest BCUT2D eigenvalue weighted by molar-refractivity contribution is 7.99. The molecule has 2 rings (SSSR count). The van der Waals surface area contributed by atoms with E-state index in [0.717, 1.165) is 29.7 Å². The van der Waals surface area contributed by atoms with Crippen molar-refractivity contribution in [2.24, 2.45) is 11.7 Å². The first-order chi connectivity index (χ1) is 6.25. The number of thioether (sulfide) groups is 1. The molecule has 0 bridgehead atoms. The van der Waals surface area contributed by atoms with Gasteiger partial charge in [-0.3, -0.25) is 0 Å². The van der Waals surface area contributed by atoms with Gasteiger partial charge in [-0.1, -0.05) is 11.8 Å². The first-order valence-corrected chi connectivity index (χ1v) is 5.27. The van der Waals surface area contributed by atoms with E-state index in [1.165, 1.54) is 11.0 Å². The van der Waals surface area contributed by atoms with Crippen LogP contribution in [0.25, 0.3) is 0 Å². The maximum atomic E-state index is 5.68. The van der Waals surface area contributed by atoms with Crippen molar-refractivity contribution in [2.75, 3.05) is 11.6 Å². The first kappa shape index (κ1) is 8.83. The molecule has 0 atom stereocenters. The van der Waals surface area contributed by atoms with Gasteiger partial charge in [0.05, 0.1) is 0 Å². The monoisotopic (exact) mass is 199 g/mol. The van der Waals surface area contributed by atoms with Crippen LogP contribution in [0.5, 0.6) is 0 Å². The van der Waals surface area contributed by atoms with Gasteiger partial charge >= 0.3 is 0 Å². The molecule has 0 amide bonds. The molecule has 1 aromatic rings. The summed E-state index contributed by atoms with van der Waals surface area (Å²) in [7, 11) is 0. The highest BCUT2D eigenvalue weighted by Crippen LogP contribution is 2.30. The molecule has 0 saturated heterocycles. The molecule has 13 heavy (non-hydrogen) atoms. The molecule has 1 aliphatic carbocycles. The lowest BCUT2D eigenvalue weighted by molar-refractivity contribution is 0.295. The van der Waals surface area contributed by atoms with Crippen LogP contribution in [0.3, 0.4) is 0 Å². The standard InChI is InChI=1S/C7H13N5S/c8-6-1-5(2-6)3-13-7-11-10-4-12(7)9/h4-6H,1-3,8-9H2. The number of nitrogens with two attached hydrogens (primary N) is 2. The normalized spacial score (nSPS) is 27.2. The van der Waals surface area contributed by atoms with Crippen molar-refractivity contribution in [1.82, 2.24) is 14.9 Å². The Morgan fingerprint density at radius 2 is 2.38 bits per heavy atom. The Morgan fingerprint density at radius 1 is 1.62 bits per heavy atom. The van der Waals surface area contributed by atoms with E-state index in [1.54, 1.807) is 11.8 Å². The molecular formula is C7H13N5S. The second kappa shape index (κ2) is 3.55. The van der Waals surface area contributed by atoms with Gasteiger partial charge in [0.1, 0.15) is 6.33 Å². The van der Waals surface area contributed by atoms with E-state index < -0.39 is 0 Å².